The summed E-state index contributed by atoms with van der Waals surface area (Å²) in [5.74, 6) is -0.530. The van der Waals surface area contributed by atoms with Crippen molar-refractivity contribution in [3.05, 3.63) is 0 Å². The summed E-state index contributed by atoms with van der Waals surface area (Å²) >= 11 is 0. The summed E-state index contributed by atoms with van der Waals surface area (Å²) < 4.78 is 0. The Bertz CT molecular complexity index is 402. The van der Waals surface area contributed by atoms with E-state index < -0.39 is 17.7 Å². The van der Waals surface area contributed by atoms with Crippen LogP contribution in [-0.2, 0) is 14.4 Å². The fourth-order valence-corrected chi connectivity index (χ4v) is 3.28. The van der Waals surface area contributed by atoms with E-state index in [9.17, 15) is 14.4 Å². The lowest BCUT2D eigenvalue weighted by Gasteiger charge is -2.31. The van der Waals surface area contributed by atoms with Crippen molar-refractivity contribution in [3.8, 4) is 0 Å². The monoisotopic (exact) mass is 294 g/mol. The normalized spacial score (nSPS) is 22.0. The van der Waals surface area contributed by atoms with Crippen molar-refractivity contribution >= 4 is 17.6 Å². The maximum atomic E-state index is 12.2. The van der Waals surface area contributed by atoms with E-state index >= 15 is 0 Å². The van der Waals surface area contributed by atoms with Gasteiger partial charge < -0.3 is 10.2 Å². The molecule has 1 saturated carbocycles. The van der Waals surface area contributed by atoms with E-state index in [1.807, 2.05) is 0 Å². The number of rotatable bonds is 5. The van der Waals surface area contributed by atoms with Crippen LogP contribution in [0.15, 0.2) is 0 Å². The first-order valence-corrected chi connectivity index (χ1v) is 8.21. The Kier molecular flexibility index (Phi) is 5.76. The van der Waals surface area contributed by atoms with Crippen molar-refractivity contribution < 1.29 is 14.4 Å². The average Bonchev–Trinajstić information content (AvgIpc) is 2.52. The Labute approximate surface area is 126 Å². The second kappa shape index (κ2) is 7.57. The van der Waals surface area contributed by atoms with Gasteiger partial charge in [-0.05, 0) is 38.5 Å². The number of Topliss-reactive ketones (excluding diaryl/α,β-unsaturated/α-hetero) is 1. The minimum Gasteiger partial charge on any atom is -0.349 e. The SMILES string of the molecule is CC(C(=O)C(=O)NCC1CCCCC1)N1CCCCC1=O. The summed E-state index contributed by atoms with van der Waals surface area (Å²) in [4.78, 5) is 37.5. The van der Waals surface area contributed by atoms with Gasteiger partial charge in [-0.15, -0.1) is 0 Å². The molecule has 0 bridgehead atoms. The number of piperidine rings is 1. The van der Waals surface area contributed by atoms with Crippen LogP contribution >= 0.6 is 0 Å². The summed E-state index contributed by atoms with van der Waals surface area (Å²) in [6, 6.07) is -0.635. The summed E-state index contributed by atoms with van der Waals surface area (Å²) in [6.45, 7) is 2.83. The maximum Gasteiger partial charge on any atom is 0.289 e. The molecule has 0 spiro atoms. The second-order valence-electron chi connectivity index (χ2n) is 6.30. The topological polar surface area (TPSA) is 66.5 Å². The van der Waals surface area contributed by atoms with Crippen molar-refractivity contribution in [2.75, 3.05) is 13.1 Å². The van der Waals surface area contributed by atoms with Gasteiger partial charge in [-0.3, -0.25) is 14.4 Å². The van der Waals surface area contributed by atoms with Crippen LogP contribution in [0.2, 0.25) is 0 Å². The largest absolute Gasteiger partial charge is 0.349 e. The number of likely N-dealkylation sites (tertiary alicyclic amines) is 1. The summed E-state index contributed by atoms with van der Waals surface area (Å²) in [5, 5.41) is 2.76. The quantitative estimate of drug-likeness (QED) is 0.784. The molecule has 118 valence electrons. The highest BCUT2D eigenvalue weighted by Crippen LogP contribution is 2.22. The number of ketones is 1. The van der Waals surface area contributed by atoms with Gasteiger partial charge in [-0.1, -0.05) is 19.3 Å². The Morgan fingerprint density at radius 1 is 1.19 bits per heavy atom. The van der Waals surface area contributed by atoms with Crippen LogP contribution in [0.4, 0.5) is 0 Å². The molecule has 21 heavy (non-hydrogen) atoms. The van der Waals surface area contributed by atoms with Crippen molar-refractivity contribution in [2.24, 2.45) is 5.92 Å². The molecule has 5 heteroatoms. The van der Waals surface area contributed by atoms with Crippen molar-refractivity contribution in [2.45, 2.75) is 64.3 Å². The lowest BCUT2D eigenvalue weighted by Crippen LogP contribution is -2.50. The number of amides is 2. The molecular weight excluding hydrogens is 268 g/mol. The van der Waals surface area contributed by atoms with Gasteiger partial charge in [-0.2, -0.15) is 0 Å². The van der Waals surface area contributed by atoms with Gasteiger partial charge in [-0.25, -0.2) is 0 Å². The summed E-state index contributed by atoms with van der Waals surface area (Å²) in [6.07, 6.45) is 8.25. The first-order chi connectivity index (χ1) is 10.1. The number of carbonyl (C=O) groups excluding carboxylic acids is 3. The number of hydrogen-bond acceptors (Lipinski definition) is 3. The molecular formula is C16H26N2O3. The molecule has 2 amide bonds. The van der Waals surface area contributed by atoms with Crippen molar-refractivity contribution in [3.63, 3.8) is 0 Å². The zero-order valence-corrected chi connectivity index (χ0v) is 12.9. The third kappa shape index (κ3) is 4.29. The highest BCUT2D eigenvalue weighted by molar-refractivity contribution is 6.38. The van der Waals surface area contributed by atoms with Crippen LogP contribution in [-0.4, -0.2) is 41.6 Å². The minimum atomic E-state index is -0.635. The molecule has 0 radical (unpaired) electrons. The van der Waals surface area contributed by atoms with Gasteiger partial charge in [0.1, 0.15) is 0 Å². The van der Waals surface area contributed by atoms with E-state index in [-0.39, 0.29) is 5.91 Å². The van der Waals surface area contributed by atoms with E-state index in [0.29, 0.717) is 25.4 Å². The fraction of sp³-hybridized carbons (Fsp3) is 0.812. The van der Waals surface area contributed by atoms with E-state index in [1.54, 1.807) is 11.8 Å². The Morgan fingerprint density at radius 2 is 1.90 bits per heavy atom. The molecule has 1 atom stereocenters. The standard InChI is InChI=1S/C16H26N2O3/c1-12(18-10-6-5-9-14(18)19)15(20)16(21)17-11-13-7-3-2-4-8-13/h12-13H,2-11H2,1H3,(H,17,21). The number of nitrogens with one attached hydrogen (secondary N) is 1. The van der Waals surface area contributed by atoms with Gasteiger partial charge >= 0.3 is 0 Å². The number of carbonyl (C=O) groups is 3. The zero-order chi connectivity index (χ0) is 15.2. The van der Waals surface area contributed by atoms with Crippen molar-refractivity contribution in [1.82, 2.24) is 10.2 Å². The third-order valence-corrected chi connectivity index (χ3v) is 4.71. The first-order valence-electron chi connectivity index (χ1n) is 8.21. The molecule has 2 rings (SSSR count). The highest BCUT2D eigenvalue weighted by atomic mass is 16.2. The van der Waals surface area contributed by atoms with Crippen LogP contribution in [0.1, 0.15) is 58.3 Å². The predicted octanol–water partition coefficient (Wildman–Crippen LogP) is 1.65. The summed E-state index contributed by atoms with van der Waals surface area (Å²) in [5.41, 5.74) is 0. The minimum absolute atomic E-state index is 0.0119. The Balaban J connectivity index is 1.80. The smallest absolute Gasteiger partial charge is 0.289 e. The van der Waals surface area contributed by atoms with Crippen LogP contribution in [0.5, 0.6) is 0 Å². The molecule has 0 aromatic rings. The van der Waals surface area contributed by atoms with Crippen LogP contribution in [0.3, 0.4) is 0 Å². The molecule has 1 N–H and O–H groups in total. The average molecular weight is 294 g/mol. The highest BCUT2D eigenvalue weighted by Gasteiger charge is 2.31. The van der Waals surface area contributed by atoms with Crippen LogP contribution in [0.25, 0.3) is 0 Å². The molecule has 1 aliphatic carbocycles. The van der Waals surface area contributed by atoms with E-state index in [1.165, 1.54) is 19.3 Å². The van der Waals surface area contributed by atoms with Gasteiger partial charge in [0.15, 0.2) is 0 Å². The fourth-order valence-electron chi connectivity index (χ4n) is 3.28. The Hall–Kier alpha value is -1.39. The van der Waals surface area contributed by atoms with Gasteiger partial charge in [0.05, 0.1) is 6.04 Å². The lowest BCUT2D eigenvalue weighted by atomic mass is 9.89. The molecule has 0 aromatic heterocycles. The Morgan fingerprint density at radius 3 is 2.57 bits per heavy atom. The molecule has 1 heterocycles. The summed E-state index contributed by atoms with van der Waals surface area (Å²) in [7, 11) is 0. The zero-order valence-electron chi connectivity index (χ0n) is 12.9. The molecule has 5 nitrogen and oxygen atoms in total. The molecule has 1 aliphatic heterocycles. The van der Waals surface area contributed by atoms with Crippen LogP contribution < -0.4 is 5.32 Å². The predicted molar refractivity (Wildman–Crippen MR) is 79.6 cm³/mol. The van der Waals surface area contributed by atoms with Crippen molar-refractivity contribution in [1.29, 1.82) is 0 Å². The lowest BCUT2D eigenvalue weighted by molar-refractivity contribution is -0.146. The van der Waals surface area contributed by atoms with E-state index in [4.69, 9.17) is 0 Å². The maximum absolute atomic E-state index is 12.2. The second-order valence-corrected chi connectivity index (χ2v) is 6.30. The molecule has 0 aromatic carbocycles. The number of nitrogens with zero attached hydrogens (tertiary/aromatic N) is 1. The van der Waals surface area contributed by atoms with E-state index in [0.717, 1.165) is 25.7 Å². The molecule has 1 unspecified atom stereocenters. The van der Waals surface area contributed by atoms with Gasteiger partial charge in [0, 0.05) is 19.5 Å². The van der Waals surface area contributed by atoms with E-state index in [2.05, 4.69) is 5.32 Å². The van der Waals surface area contributed by atoms with Crippen LogP contribution in [0, 0.1) is 5.92 Å². The molecule has 1 saturated heterocycles. The van der Waals surface area contributed by atoms with Gasteiger partial charge in [0.25, 0.3) is 5.91 Å². The van der Waals surface area contributed by atoms with Gasteiger partial charge in [0.2, 0.25) is 11.7 Å². The first kappa shape index (κ1) is 16.0. The third-order valence-electron chi connectivity index (χ3n) is 4.71. The number of hydrogen-bond donors (Lipinski definition) is 1. The molecule has 2 aliphatic rings. The molecule has 2 fully saturated rings.